The summed E-state index contributed by atoms with van der Waals surface area (Å²) in [5.41, 5.74) is 6.38. The predicted molar refractivity (Wildman–Crippen MR) is 123 cm³/mol. The van der Waals surface area contributed by atoms with Crippen LogP contribution in [-0.2, 0) is 0 Å². The Balaban J connectivity index is 2.39. The minimum absolute atomic E-state index is 0.00598. The molecule has 0 saturated heterocycles. The largest absolute Gasteiger partial charge is 0.496 e. The van der Waals surface area contributed by atoms with Gasteiger partial charge in [-0.05, 0) is 41.7 Å². The first-order chi connectivity index (χ1) is 15.6. The fraction of sp³-hybridized carbons (Fsp3) is 0.500. The highest BCUT2D eigenvalue weighted by Gasteiger charge is 2.56. The molecular weight excluding hydrogens is 416 g/mol. The Kier molecular flexibility index (Phi) is 6.35. The number of methoxy groups -OCH3 is 3. The van der Waals surface area contributed by atoms with Gasteiger partial charge in [-0.2, -0.15) is 15.8 Å². The van der Waals surface area contributed by atoms with Gasteiger partial charge in [0.1, 0.15) is 11.8 Å². The summed E-state index contributed by atoms with van der Waals surface area (Å²) in [6.45, 7) is 6.55. The molecule has 0 unspecified atom stereocenters. The molecule has 0 fully saturated rings. The Labute approximate surface area is 195 Å². The van der Waals surface area contributed by atoms with Crippen LogP contribution in [0.5, 0.6) is 17.2 Å². The number of hydrogen-bond donors (Lipinski definition) is 1. The molecular formula is C26H30N4O3. The van der Waals surface area contributed by atoms with Crippen LogP contribution < -0.4 is 19.9 Å². The quantitative estimate of drug-likeness (QED) is 0.717. The van der Waals surface area contributed by atoms with Crippen molar-refractivity contribution in [3.63, 3.8) is 0 Å². The zero-order chi connectivity index (χ0) is 24.6. The van der Waals surface area contributed by atoms with Crippen LogP contribution in [0.15, 0.2) is 35.1 Å². The molecule has 1 aromatic rings. The van der Waals surface area contributed by atoms with Gasteiger partial charge >= 0.3 is 0 Å². The molecule has 3 atom stereocenters. The van der Waals surface area contributed by atoms with E-state index in [-0.39, 0.29) is 22.6 Å². The van der Waals surface area contributed by atoms with Gasteiger partial charge in [-0.1, -0.05) is 26.8 Å². The molecule has 0 amide bonds. The molecule has 2 aliphatic carbocycles. The Morgan fingerprint density at radius 2 is 1.55 bits per heavy atom. The second-order valence-electron chi connectivity index (χ2n) is 9.66. The van der Waals surface area contributed by atoms with E-state index < -0.39 is 11.3 Å². The Morgan fingerprint density at radius 3 is 2.03 bits per heavy atom. The molecule has 0 heterocycles. The van der Waals surface area contributed by atoms with Gasteiger partial charge in [0.25, 0.3) is 0 Å². The number of allylic oxidation sites excluding steroid dienone is 4. The lowest BCUT2D eigenvalue weighted by atomic mass is 9.54. The molecule has 2 N–H and O–H groups in total. The van der Waals surface area contributed by atoms with Crippen molar-refractivity contribution in [1.29, 1.82) is 15.8 Å². The summed E-state index contributed by atoms with van der Waals surface area (Å²) < 4.78 is 16.6. The van der Waals surface area contributed by atoms with Crippen molar-refractivity contribution < 1.29 is 14.2 Å². The molecule has 0 bridgehead atoms. The third-order valence-corrected chi connectivity index (χ3v) is 7.17. The van der Waals surface area contributed by atoms with E-state index in [0.29, 0.717) is 35.2 Å². The molecule has 0 spiro atoms. The third-order valence-electron chi connectivity index (χ3n) is 7.17. The van der Waals surface area contributed by atoms with Gasteiger partial charge < -0.3 is 19.9 Å². The van der Waals surface area contributed by atoms with E-state index >= 15 is 0 Å². The molecule has 172 valence electrons. The summed E-state index contributed by atoms with van der Waals surface area (Å²) in [5, 5.41) is 30.7. The van der Waals surface area contributed by atoms with Gasteiger partial charge in [-0.25, -0.2) is 0 Å². The number of ether oxygens (including phenoxy) is 3. The maximum atomic E-state index is 10.4. The van der Waals surface area contributed by atoms with Gasteiger partial charge in [-0.3, -0.25) is 0 Å². The monoisotopic (exact) mass is 446 g/mol. The van der Waals surface area contributed by atoms with Crippen LogP contribution in [0.2, 0.25) is 0 Å². The summed E-state index contributed by atoms with van der Waals surface area (Å²) in [5.74, 6) is 0.779. The van der Waals surface area contributed by atoms with Crippen LogP contribution in [0, 0.1) is 56.7 Å². The second-order valence-corrected chi connectivity index (χ2v) is 9.66. The van der Waals surface area contributed by atoms with Crippen molar-refractivity contribution in [3.8, 4) is 35.5 Å². The molecule has 2 aliphatic rings. The third kappa shape index (κ3) is 3.66. The first kappa shape index (κ1) is 24.0. The molecule has 1 aromatic carbocycles. The maximum absolute atomic E-state index is 10.4. The number of hydrogen-bond acceptors (Lipinski definition) is 7. The van der Waals surface area contributed by atoms with E-state index in [1.54, 1.807) is 12.1 Å². The number of fused-ring (bicyclic) bond motifs is 1. The van der Waals surface area contributed by atoms with Gasteiger partial charge in [0.2, 0.25) is 0 Å². The van der Waals surface area contributed by atoms with Crippen molar-refractivity contribution in [2.45, 2.75) is 39.5 Å². The topological polar surface area (TPSA) is 125 Å². The van der Waals surface area contributed by atoms with Crippen LogP contribution in [0.4, 0.5) is 0 Å². The van der Waals surface area contributed by atoms with Crippen LogP contribution >= 0.6 is 0 Å². The van der Waals surface area contributed by atoms with Crippen LogP contribution in [0.25, 0.3) is 0 Å². The molecule has 3 rings (SSSR count). The Morgan fingerprint density at radius 1 is 0.970 bits per heavy atom. The SMILES string of the molecule is COc1cc(OC)c([C@@H]2[C@@H]3C[C@@H](C(C)(C)C)CC=C3C(C#N)=C(N)C2(C#N)C#N)cc1OC. The van der Waals surface area contributed by atoms with Gasteiger partial charge in [-0.15, -0.1) is 0 Å². The number of rotatable bonds is 4. The molecule has 7 heteroatoms. The van der Waals surface area contributed by atoms with Crippen LogP contribution in [-0.4, -0.2) is 21.3 Å². The molecule has 0 radical (unpaired) electrons. The average Bonchev–Trinajstić information content (AvgIpc) is 2.81. The number of benzene rings is 1. The minimum atomic E-state index is -1.74. The van der Waals surface area contributed by atoms with E-state index in [1.807, 2.05) is 0 Å². The second kappa shape index (κ2) is 8.72. The number of nitrogens with zero attached hydrogens (tertiary/aromatic N) is 3. The first-order valence-electron chi connectivity index (χ1n) is 10.9. The Hall–Kier alpha value is -3.63. The number of nitrogens with two attached hydrogens (primary N) is 1. The summed E-state index contributed by atoms with van der Waals surface area (Å²) in [6, 6.07) is 10.0. The van der Waals surface area contributed by atoms with Crippen molar-refractivity contribution in [3.05, 3.63) is 40.6 Å². The predicted octanol–water partition coefficient (Wildman–Crippen LogP) is 4.58. The summed E-state index contributed by atoms with van der Waals surface area (Å²) >= 11 is 0. The minimum Gasteiger partial charge on any atom is -0.496 e. The number of nitriles is 3. The average molecular weight is 447 g/mol. The molecule has 0 aliphatic heterocycles. The van der Waals surface area contributed by atoms with Gasteiger partial charge in [0.05, 0.1) is 44.7 Å². The zero-order valence-corrected chi connectivity index (χ0v) is 20.0. The molecule has 0 saturated carbocycles. The fourth-order valence-electron chi connectivity index (χ4n) is 5.24. The fourth-order valence-corrected chi connectivity index (χ4v) is 5.24. The first-order valence-corrected chi connectivity index (χ1v) is 10.9. The summed E-state index contributed by atoms with van der Waals surface area (Å²) in [7, 11) is 4.59. The molecule has 7 nitrogen and oxygen atoms in total. The van der Waals surface area contributed by atoms with Crippen molar-refractivity contribution in [2.24, 2.45) is 28.4 Å². The van der Waals surface area contributed by atoms with Crippen molar-refractivity contribution in [1.82, 2.24) is 0 Å². The highest BCUT2D eigenvalue weighted by molar-refractivity contribution is 5.62. The molecule has 0 aromatic heterocycles. The van der Waals surface area contributed by atoms with E-state index in [9.17, 15) is 15.8 Å². The maximum Gasteiger partial charge on any atom is 0.191 e. The van der Waals surface area contributed by atoms with E-state index in [4.69, 9.17) is 19.9 Å². The highest BCUT2D eigenvalue weighted by Crippen LogP contribution is 2.59. The van der Waals surface area contributed by atoms with Crippen molar-refractivity contribution >= 4 is 0 Å². The normalized spacial score (nSPS) is 23.8. The lowest BCUT2D eigenvalue weighted by molar-refractivity contribution is 0.169. The lowest BCUT2D eigenvalue weighted by Gasteiger charge is -2.47. The zero-order valence-electron chi connectivity index (χ0n) is 20.0. The van der Waals surface area contributed by atoms with Crippen LogP contribution in [0.1, 0.15) is 45.1 Å². The van der Waals surface area contributed by atoms with E-state index in [1.165, 1.54) is 21.3 Å². The van der Waals surface area contributed by atoms with Crippen LogP contribution in [0.3, 0.4) is 0 Å². The van der Waals surface area contributed by atoms with E-state index in [2.05, 4.69) is 45.1 Å². The standard InChI is InChI=1S/C26H30N4O3/c1-25(2,3)15-7-8-16-17(9-15)23(26(13-28,14-29)24(30)19(16)12-27)18-10-21(32-5)22(33-6)11-20(18)31-4/h8,10-11,15,17,23H,7,9,30H2,1-6H3/t15-,17+,23-/m0/s1. The van der Waals surface area contributed by atoms with E-state index in [0.717, 1.165) is 12.0 Å². The van der Waals surface area contributed by atoms with Crippen molar-refractivity contribution in [2.75, 3.05) is 21.3 Å². The Bertz CT molecular complexity index is 1120. The lowest BCUT2D eigenvalue weighted by Crippen LogP contribution is -2.44. The van der Waals surface area contributed by atoms with Gasteiger partial charge in [0, 0.05) is 17.5 Å². The van der Waals surface area contributed by atoms with Gasteiger partial charge in [0.15, 0.2) is 16.9 Å². The summed E-state index contributed by atoms with van der Waals surface area (Å²) in [4.78, 5) is 0. The molecule has 33 heavy (non-hydrogen) atoms. The summed E-state index contributed by atoms with van der Waals surface area (Å²) in [6.07, 6.45) is 3.57. The highest BCUT2D eigenvalue weighted by atomic mass is 16.5. The smallest absolute Gasteiger partial charge is 0.191 e.